The molecule has 1 heterocycles. The van der Waals surface area contributed by atoms with Gasteiger partial charge in [0.15, 0.2) is 0 Å². The van der Waals surface area contributed by atoms with Gasteiger partial charge in [0, 0.05) is 12.5 Å². The van der Waals surface area contributed by atoms with Gasteiger partial charge in [-0.05, 0) is 25.1 Å². The van der Waals surface area contributed by atoms with E-state index in [1.807, 2.05) is 0 Å². The van der Waals surface area contributed by atoms with Crippen molar-refractivity contribution in [2.24, 2.45) is 5.92 Å². The Morgan fingerprint density at radius 3 is 2.61 bits per heavy atom. The molecule has 0 amide bonds. The number of para-hydroxylation sites is 1. The number of nitrogens with one attached hydrogen (secondary N) is 1. The molecule has 1 fully saturated rings. The van der Waals surface area contributed by atoms with Crippen LogP contribution in [-0.4, -0.2) is 19.7 Å². The first-order valence-electron chi connectivity index (χ1n) is 5.57. The lowest BCUT2D eigenvalue weighted by Crippen LogP contribution is -2.17. The second-order valence-electron chi connectivity index (χ2n) is 4.16. The molecule has 0 spiro atoms. The zero-order valence-electron chi connectivity index (χ0n) is 9.67. The molecule has 1 saturated heterocycles. The Labute approximate surface area is 110 Å². The maximum atomic E-state index is 12.7. The van der Waals surface area contributed by atoms with Gasteiger partial charge in [0.2, 0.25) is 0 Å². The Morgan fingerprint density at radius 1 is 1.28 bits per heavy atom. The van der Waals surface area contributed by atoms with Crippen molar-refractivity contribution < 1.29 is 17.9 Å². The number of alkyl halides is 3. The van der Waals surface area contributed by atoms with Crippen molar-refractivity contribution >= 4 is 12.4 Å². The summed E-state index contributed by atoms with van der Waals surface area (Å²) >= 11 is 0. The maximum absolute atomic E-state index is 12.7. The molecule has 0 radical (unpaired) electrons. The molecule has 102 valence electrons. The lowest BCUT2D eigenvalue weighted by atomic mass is 10.1. The molecule has 18 heavy (non-hydrogen) atoms. The van der Waals surface area contributed by atoms with Crippen molar-refractivity contribution in [2.45, 2.75) is 12.6 Å². The van der Waals surface area contributed by atoms with Crippen LogP contribution in [0.2, 0.25) is 0 Å². The molecule has 0 bridgehead atoms. The molecule has 1 N–H and O–H groups in total. The highest BCUT2D eigenvalue weighted by Gasteiger charge is 2.34. The molecular weight excluding hydrogens is 267 g/mol. The van der Waals surface area contributed by atoms with Crippen LogP contribution in [0.4, 0.5) is 13.2 Å². The Kier molecular flexibility index (Phi) is 5.28. The number of rotatable bonds is 3. The first-order valence-corrected chi connectivity index (χ1v) is 5.57. The highest BCUT2D eigenvalue weighted by molar-refractivity contribution is 5.85. The molecule has 0 aromatic heterocycles. The fourth-order valence-electron chi connectivity index (χ4n) is 1.89. The third-order valence-corrected chi connectivity index (χ3v) is 2.83. The largest absolute Gasteiger partial charge is 0.493 e. The third-order valence-electron chi connectivity index (χ3n) is 2.83. The van der Waals surface area contributed by atoms with E-state index in [0.717, 1.165) is 25.6 Å². The predicted molar refractivity (Wildman–Crippen MR) is 65.2 cm³/mol. The van der Waals surface area contributed by atoms with E-state index in [0.29, 0.717) is 12.5 Å². The van der Waals surface area contributed by atoms with Crippen molar-refractivity contribution in [1.29, 1.82) is 0 Å². The fourth-order valence-corrected chi connectivity index (χ4v) is 1.89. The minimum Gasteiger partial charge on any atom is -0.493 e. The van der Waals surface area contributed by atoms with Gasteiger partial charge in [0.25, 0.3) is 0 Å². The van der Waals surface area contributed by atoms with Crippen LogP contribution < -0.4 is 10.1 Å². The summed E-state index contributed by atoms with van der Waals surface area (Å²) in [5.74, 6) is 0.225. The van der Waals surface area contributed by atoms with Gasteiger partial charge in [-0.3, -0.25) is 0 Å². The SMILES string of the molecule is Cl.FC(F)(F)c1ccccc1OCC1CCNC1. The van der Waals surface area contributed by atoms with Crippen molar-refractivity contribution in [3.63, 3.8) is 0 Å². The van der Waals surface area contributed by atoms with Crippen LogP contribution in [0.1, 0.15) is 12.0 Å². The summed E-state index contributed by atoms with van der Waals surface area (Å²) in [6.07, 6.45) is -3.40. The molecule has 1 aliphatic rings. The van der Waals surface area contributed by atoms with E-state index in [9.17, 15) is 13.2 Å². The van der Waals surface area contributed by atoms with E-state index in [1.165, 1.54) is 12.1 Å². The predicted octanol–water partition coefficient (Wildman–Crippen LogP) is 3.12. The van der Waals surface area contributed by atoms with Gasteiger partial charge in [-0.15, -0.1) is 12.4 Å². The summed E-state index contributed by atoms with van der Waals surface area (Å²) in [5, 5.41) is 3.15. The van der Waals surface area contributed by atoms with Crippen LogP contribution in [0.5, 0.6) is 5.75 Å². The van der Waals surface area contributed by atoms with Gasteiger partial charge < -0.3 is 10.1 Å². The Hall–Kier alpha value is -0.940. The van der Waals surface area contributed by atoms with Crippen molar-refractivity contribution in [3.05, 3.63) is 29.8 Å². The van der Waals surface area contributed by atoms with Gasteiger partial charge in [0.05, 0.1) is 12.2 Å². The van der Waals surface area contributed by atoms with Gasteiger partial charge in [0.1, 0.15) is 5.75 Å². The molecule has 1 aliphatic heterocycles. The second-order valence-corrected chi connectivity index (χ2v) is 4.16. The number of halogens is 4. The normalized spacial score (nSPS) is 19.4. The molecule has 2 rings (SSSR count). The number of benzene rings is 1. The van der Waals surface area contributed by atoms with Gasteiger partial charge in [-0.2, -0.15) is 13.2 Å². The molecule has 0 saturated carbocycles. The van der Waals surface area contributed by atoms with Crippen molar-refractivity contribution in [1.82, 2.24) is 5.32 Å². The molecular formula is C12H15ClF3NO. The minimum atomic E-state index is -4.36. The van der Waals surface area contributed by atoms with Gasteiger partial charge in [-0.1, -0.05) is 12.1 Å². The molecule has 6 heteroatoms. The summed E-state index contributed by atoms with van der Waals surface area (Å²) in [5.41, 5.74) is -0.703. The van der Waals surface area contributed by atoms with Crippen molar-refractivity contribution in [3.8, 4) is 5.75 Å². The summed E-state index contributed by atoms with van der Waals surface area (Å²) in [7, 11) is 0. The first-order chi connectivity index (χ1) is 8.07. The highest BCUT2D eigenvalue weighted by atomic mass is 35.5. The topological polar surface area (TPSA) is 21.3 Å². The molecule has 1 atom stereocenters. The Balaban J connectivity index is 0.00000162. The lowest BCUT2D eigenvalue weighted by Gasteiger charge is -2.15. The summed E-state index contributed by atoms with van der Waals surface area (Å²) in [6.45, 7) is 2.06. The minimum absolute atomic E-state index is 0. The smallest absolute Gasteiger partial charge is 0.419 e. The van der Waals surface area contributed by atoms with E-state index in [4.69, 9.17) is 4.74 Å². The van der Waals surface area contributed by atoms with Crippen LogP contribution in [0, 0.1) is 5.92 Å². The zero-order valence-corrected chi connectivity index (χ0v) is 10.5. The molecule has 1 aromatic rings. The maximum Gasteiger partial charge on any atom is 0.419 e. The molecule has 1 unspecified atom stereocenters. The van der Waals surface area contributed by atoms with E-state index < -0.39 is 11.7 Å². The standard InChI is InChI=1S/C12H14F3NO.ClH/c13-12(14,15)10-3-1-2-4-11(10)17-8-9-5-6-16-7-9;/h1-4,9,16H,5-8H2;1H. The zero-order chi connectivity index (χ0) is 12.3. The average molecular weight is 282 g/mol. The highest BCUT2D eigenvalue weighted by Crippen LogP contribution is 2.36. The summed E-state index contributed by atoms with van der Waals surface area (Å²) < 4.78 is 43.3. The van der Waals surface area contributed by atoms with E-state index in [2.05, 4.69) is 5.32 Å². The summed E-state index contributed by atoms with van der Waals surface area (Å²) in [4.78, 5) is 0. The van der Waals surface area contributed by atoms with E-state index >= 15 is 0 Å². The second kappa shape index (κ2) is 6.29. The Bertz CT molecular complexity index is 378. The quantitative estimate of drug-likeness (QED) is 0.919. The number of ether oxygens (including phenoxy) is 1. The average Bonchev–Trinajstić information content (AvgIpc) is 2.78. The number of hydrogen-bond acceptors (Lipinski definition) is 2. The molecule has 0 aliphatic carbocycles. The van der Waals surface area contributed by atoms with E-state index in [1.54, 1.807) is 6.07 Å². The third kappa shape index (κ3) is 3.78. The fraction of sp³-hybridized carbons (Fsp3) is 0.500. The van der Waals surface area contributed by atoms with Gasteiger partial charge >= 0.3 is 6.18 Å². The summed E-state index contributed by atoms with van der Waals surface area (Å²) in [6, 6.07) is 5.33. The van der Waals surface area contributed by atoms with Crippen LogP contribution in [0.25, 0.3) is 0 Å². The molecule has 1 aromatic carbocycles. The van der Waals surface area contributed by atoms with Crippen LogP contribution in [0.15, 0.2) is 24.3 Å². The monoisotopic (exact) mass is 281 g/mol. The molecule has 2 nitrogen and oxygen atoms in total. The van der Waals surface area contributed by atoms with Crippen LogP contribution in [-0.2, 0) is 6.18 Å². The van der Waals surface area contributed by atoms with E-state index in [-0.39, 0.29) is 18.2 Å². The Morgan fingerprint density at radius 2 is 2.00 bits per heavy atom. The van der Waals surface area contributed by atoms with Crippen LogP contribution >= 0.6 is 12.4 Å². The number of hydrogen-bond donors (Lipinski definition) is 1. The van der Waals surface area contributed by atoms with Crippen LogP contribution in [0.3, 0.4) is 0 Å². The first kappa shape index (κ1) is 15.1. The van der Waals surface area contributed by atoms with Crippen molar-refractivity contribution in [2.75, 3.05) is 19.7 Å². The lowest BCUT2D eigenvalue weighted by molar-refractivity contribution is -0.139. The van der Waals surface area contributed by atoms with Gasteiger partial charge in [-0.25, -0.2) is 0 Å².